The lowest BCUT2D eigenvalue weighted by atomic mass is 9.81. The minimum Gasteiger partial charge on any atom is -0.208 e. The summed E-state index contributed by atoms with van der Waals surface area (Å²) in [7, 11) is 0. The van der Waals surface area contributed by atoms with Crippen LogP contribution in [0.4, 0.5) is 0 Å². The smallest absolute Gasteiger partial charge is 0.164 e. The Bertz CT molecular complexity index is 3100. The van der Waals surface area contributed by atoms with E-state index >= 15 is 0 Å². The molecule has 0 saturated heterocycles. The van der Waals surface area contributed by atoms with Gasteiger partial charge in [-0.1, -0.05) is 123 Å². The maximum atomic E-state index is 5.27. The Hall–Kier alpha value is -6.01. The third kappa shape index (κ3) is 4.67. The van der Waals surface area contributed by atoms with Gasteiger partial charge in [0.1, 0.15) is 0 Å². The number of hydrogen-bond donors (Lipinski definition) is 0. The molecule has 0 radical (unpaired) electrons. The molecule has 0 saturated carbocycles. The van der Waals surface area contributed by atoms with Crippen molar-refractivity contribution in [3.8, 4) is 56.4 Å². The van der Waals surface area contributed by atoms with Crippen LogP contribution in [-0.2, 0) is 5.41 Å². The standard InChI is InChI=1S/C48H31N3S2/c1-48(2)37-18-10-17-35(43(37)33-24-22-29(27-38(33)48)31-16-11-21-42-44(31)34-15-7-9-20-40(34)53-42)47-50-45(28-12-4-3-5-13-28)49-46(51-47)30-23-25-41-36(26-30)32-14-6-8-19-39(32)52-41/h3-27H,1-2H3. The zero-order valence-electron chi connectivity index (χ0n) is 29.1. The molecule has 0 aliphatic heterocycles. The highest BCUT2D eigenvalue weighted by Crippen LogP contribution is 2.53. The van der Waals surface area contributed by atoms with Crippen LogP contribution in [0.3, 0.4) is 0 Å². The zero-order chi connectivity index (χ0) is 35.3. The first-order chi connectivity index (χ1) is 26.0. The normalized spacial score (nSPS) is 13.2. The molecule has 250 valence electrons. The Morgan fingerprint density at radius 3 is 1.87 bits per heavy atom. The molecule has 0 spiro atoms. The van der Waals surface area contributed by atoms with Crippen molar-refractivity contribution in [1.29, 1.82) is 0 Å². The van der Waals surface area contributed by atoms with Crippen LogP contribution >= 0.6 is 22.7 Å². The first kappa shape index (κ1) is 30.6. The molecule has 3 nitrogen and oxygen atoms in total. The van der Waals surface area contributed by atoms with Gasteiger partial charge in [-0.2, -0.15) is 0 Å². The van der Waals surface area contributed by atoms with Gasteiger partial charge in [-0.15, -0.1) is 22.7 Å². The largest absolute Gasteiger partial charge is 0.208 e. The Kier molecular flexibility index (Phi) is 6.64. The van der Waals surface area contributed by atoms with Crippen molar-refractivity contribution in [2.75, 3.05) is 0 Å². The Labute approximate surface area is 314 Å². The molecule has 0 bridgehead atoms. The van der Waals surface area contributed by atoms with E-state index in [-0.39, 0.29) is 5.41 Å². The average Bonchev–Trinajstić information content (AvgIpc) is 3.85. The third-order valence-corrected chi connectivity index (χ3v) is 13.2. The van der Waals surface area contributed by atoms with Crippen molar-refractivity contribution in [3.63, 3.8) is 0 Å². The molecule has 3 aromatic heterocycles. The van der Waals surface area contributed by atoms with Gasteiger partial charge in [0.2, 0.25) is 0 Å². The lowest BCUT2D eigenvalue weighted by Gasteiger charge is -2.22. The van der Waals surface area contributed by atoms with Crippen molar-refractivity contribution < 1.29 is 0 Å². The number of rotatable bonds is 4. The SMILES string of the molecule is CC1(C)c2cc(-c3cccc4sc5ccccc5c34)ccc2-c2c(-c3nc(-c4ccccc4)nc(-c4ccc5sc6ccccc6c5c4)n3)cccc21. The highest BCUT2D eigenvalue weighted by atomic mass is 32.1. The van der Waals surface area contributed by atoms with Gasteiger partial charge in [-0.3, -0.25) is 0 Å². The van der Waals surface area contributed by atoms with Crippen molar-refractivity contribution in [3.05, 3.63) is 163 Å². The minimum atomic E-state index is -0.218. The fourth-order valence-electron chi connectivity index (χ4n) is 8.36. The molecule has 11 rings (SSSR count). The lowest BCUT2D eigenvalue weighted by Crippen LogP contribution is -2.15. The number of fused-ring (bicyclic) bond motifs is 9. The van der Waals surface area contributed by atoms with Crippen LogP contribution < -0.4 is 0 Å². The third-order valence-electron chi connectivity index (χ3n) is 11.0. The molecule has 0 fully saturated rings. The van der Waals surface area contributed by atoms with E-state index in [1.165, 1.54) is 73.7 Å². The quantitative estimate of drug-likeness (QED) is 0.182. The van der Waals surface area contributed by atoms with Gasteiger partial charge in [0.15, 0.2) is 17.5 Å². The molecule has 1 aliphatic rings. The predicted octanol–water partition coefficient (Wildman–Crippen LogP) is 13.6. The number of thiophene rings is 2. The first-order valence-electron chi connectivity index (χ1n) is 17.9. The summed E-state index contributed by atoms with van der Waals surface area (Å²) in [4.78, 5) is 15.6. The summed E-state index contributed by atoms with van der Waals surface area (Å²) < 4.78 is 5.18. The minimum absolute atomic E-state index is 0.218. The Morgan fingerprint density at radius 1 is 0.396 bits per heavy atom. The molecule has 3 heterocycles. The van der Waals surface area contributed by atoms with E-state index in [1.54, 1.807) is 0 Å². The molecule has 10 aromatic rings. The van der Waals surface area contributed by atoms with Crippen molar-refractivity contribution in [1.82, 2.24) is 15.0 Å². The Balaban J connectivity index is 1.10. The number of benzene rings is 7. The van der Waals surface area contributed by atoms with E-state index in [0.29, 0.717) is 17.5 Å². The van der Waals surface area contributed by atoms with Gasteiger partial charge in [0, 0.05) is 62.4 Å². The van der Waals surface area contributed by atoms with Crippen LogP contribution in [0, 0.1) is 0 Å². The van der Waals surface area contributed by atoms with Gasteiger partial charge in [0.05, 0.1) is 0 Å². The molecule has 1 aliphatic carbocycles. The van der Waals surface area contributed by atoms with E-state index < -0.39 is 0 Å². The van der Waals surface area contributed by atoms with Crippen LogP contribution in [-0.4, -0.2) is 15.0 Å². The summed E-state index contributed by atoms with van der Waals surface area (Å²) in [6, 6.07) is 54.6. The van der Waals surface area contributed by atoms with E-state index in [0.717, 1.165) is 16.7 Å². The second-order valence-electron chi connectivity index (χ2n) is 14.4. The van der Waals surface area contributed by atoms with E-state index in [1.807, 2.05) is 40.9 Å². The molecule has 7 aromatic carbocycles. The number of nitrogens with zero attached hydrogens (tertiary/aromatic N) is 3. The second kappa shape index (κ2) is 11.5. The highest BCUT2D eigenvalue weighted by Gasteiger charge is 2.38. The molecule has 0 amide bonds. The maximum Gasteiger partial charge on any atom is 0.164 e. The van der Waals surface area contributed by atoms with Crippen LogP contribution in [0.25, 0.3) is 96.8 Å². The molecular formula is C48H31N3S2. The monoisotopic (exact) mass is 713 g/mol. The predicted molar refractivity (Wildman–Crippen MR) is 225 cm³/mol. The summed E-state index contributed by atoms with van der Waals surface area (Å²) >= 11 is 3.69. The average molecular weight is 714 g/mol. The van der Waals surface area contributed by atoms with Crippen LogP contribution in [0.15, 0.2) is 152 Å². The van der Waals surface area contributed by atoms with E-state index in [4.69, 9.17) is 15.0 Å². The summed E-state index contributed by atoms with van der Waals surface area (Å²) in [5.41, 5.74) is 10.3. The summed E-state index contributed by atoms with van der Waals surface area (Å²) in [6.45, 7) is 4.70. The maximum absolute atomic E-state index is 5.27. The number of aromatic nitrogens is 3. The fraction of sp³-hybridized carbons (Fsp3) is 0.0625. The van der Waals surface area contributed by atoms with Crippen LogP contribution in [0.2, 0.25) is 0 Å². The van der Waals surface area contributed by atoms with Crippen LogP contribution in [0.1, 0.15) is 25.0 Å². The van der Waals surface area contributed by atoms with Gasteiger partial charge in [-0.05, 0) is 75.8 Å². The fourth-order valence-corrected chi connectivity index (χ4v) is 10.6. The van der Waals surface area contributed by atoms with Crippen molar-refractivity contribution >= 4 is 63.0 Å². The highest BCUT2D eigenvalue weighted by molar-refractivity contribution is 7.26. The van der Waals surface area contributed by atoms with Gasteiger partial charge >= 0.3 is 0 Å². The van der Waals surface area contributed by atoms with Crippen LogP contribution in [0.5, 0.6) is 0 Å². The van der Waals surface area contributed by atoms with E-state index in [2.05, 4.69) is 147 Å². The molecule has 53 heavy (non-hydrogen) atoms. The Morgan fingerprint density at radius 2 is 1.02 bits per heavy atom. The second-order valence-corrected chi connectivity index (χ2v) is 16.5. The van der Waals surface area contributed by atoms with Crippen molar-refractivity contribution in [2.24, 2.45) is 0 Å². The summed E-state index contributed by atoms with van der Waals surface area (Å²) in [5, 5.41) is 5.14. The van der Waals surface area contributed by atoms with E-state index in [9.17, 15) is 0 Å². The summed E-state index contributed by atoms with van der Waals surface area (Å²) in [6.07, 6.45) is 0. The molecule has 5 heteroatoms. The molecular weight excluding hydrogens is 683 g/mol. The first-order valence-corrected chi connectivity index (χ1v) is 19.6. The van der Waals surface area contributed by atoms with Crippen molar-refractivity contribution in [2.45, 2.75) is 19.3 Å². The van der Waals surface area contributed by atoms with Gasteiger partial charge < -0.3 is 0 Å². The zero-order valence-corrected chi connectivity index (χ0v) is 30.7. The molecule has 0 unspecified atom stereocenters. The molecule has 0 atom stereocenters. The lowest BCUT2D eigenvalue weighted by molar-refractivity contribution is 0.660. The molecule has 0 N–H and O–H groups in total. The van der Waals surface area contributed by atoms with Gasteiger partial charge in [-0.25, -0.2) is 15.0 Å². The topological polar surface area (TPSA) is 38.7 Å². The number of hydrogen-bond acceptors (Lipinski definition) is 5. The van der Waals surface area contributed by atoms with Gasteiger partial charge in [0.25, 0.3) is 0 Å². The summed E-state index contributed by atoms with van der Waals surface area (Å²) in [5.74, 6) is 2.03.